The van der Waals surface area contributed by atoms with E-state index in [0.29, 0.717) is 5.82 Å². The first-order valence-electron chi connectivity index (χ1n) is 6.91. The van der Waals surface area contributed by atoms with Gasteiger partial charge in [0.15, 0.2) is 0 Å². The summed E-state index contributed by atoms with van der Waals surface area (Å²) in [4.78, 5) is 3.86. The van der Waals surface area contributed by atoms with Crippen LogP contribution < -0.4 is 10.1 Å². The number of pyridine rings is 1. The molecule has 104 valence electrons. The average Bonchev–Trinajstić information content (AvgIpc) is 2.92. The van der Waals surface area contributed by atoms with Crippen LogP contribution >= 0.6 is 0 Å². The summed E-state index contributed by atoms with van der Waals surface area (Å²) in [6, 6.07) is 11.2. The Morgan fingerprint density at radius 2 is 2.25 bits per heavy atom. The molecule has 0 saturated carbocycles. The number of ether oxygens (including phenoxy) is 1. The number of nitrogens with zero attached hydrogens (tertiary/aromatic N) is 1. The number of rotatable bonds is 4. The topological polar surface area (TPSA) is 34.2 Å². The van der Waals surface area contributed by atoms with Gasteiger partial charge in [-0.2, -0.15) is 4.39 Å². The van der Waals surface area contributed by atoms with Gasteiger partial charge in [0.2, 0.25) is 5.95 Å². The van der Waals surface area contributed by atoms with E-state index in [1.54, 1.807) is 12.1 Å². The van der Waals surface area contributed by atoms with Gasteiger partial charge in [-0.05, 0) is 41.8 Å². The highest BCUT2D eigenvalue weighted by atomic mass is 19.1. The van der Waals surface area contributed by atoms with Gasteiger partial charge in [-0.1, -0.05) is 19.1 Å². The van der Waals surface area contributed by atoms with Crippen LogP contribution in [0.25, 0.3) is 0 Å². The molecule has 3 nitrogen and oxygen atoms in total. The largest absolute Gasteiger partial charge is 0.493 e. The molecule has 0 amide bonds. The minimum Gasteiger partial charge on any atom is -0.493 e. The smallest absolute Gasteiger partial charge is 0.214 e. The molecule has 3 rings (SSSR count). The molecule has 0 fully saturated rings. The highest BCUT2D eigenvalue weighted by molar-refractivity contribution is 5.44. The molecule has 2 heterocycles. The zero-order chi connectivity index (χ0) is 13.9. The van der Waals surface area contributed by atoms with Crippen LogP contribution in [0.1, 0.15) is 30.5 Å². The zero-order valence-electron chi connectivity index (χ0n) is 11.4. The molecule has 0 radical (unpaired) electrons. The first-order chi connectivity index (χ1) is 9.76. The van der Waals surface area contributed by atoms with E-state index in [1.165, 1.54) is 17.2 Å². The number of fused-ring (bicyclic) bond motifs is 1. The third-order valence-corrected chi connectivity index (χ3v) is 3.56. The van der Waals surface area contributed by atoms with Crippen molar-refractivity contribution in [3.8, 4) is 5.75 Å². The van der Waals surface area contributed by atoms with E-state index < -0.39 is 5.95 Å². The van der Waals surface area contributed by atoms with Gasteiger partial charge in [0.25, 0.3) is 0 Å². The van der Waals surface area contributed by atoms with Crippen molar-refractivity contribution < 1.29 is 9.13 Å². The molecule has 0 aliphatic carbocycles. The maximum Gasteiger partial charge on any atom is 0.214 e. The second-order valence-corrected chi connectivity index (χ2v) is 4.92. The Balaban J connectivity index is 1.83. The van der Waals surface area contributed by atoms with Crippen LogP contribution in [0.5, 0.6) is 5.75 Å². The van der Waals surface area contributed by atoms with Gasteiger partial charge in [-0.25, -0.2) is 4.98 Å². The Morgan fingerprint density at radius 1 is 1.35 bits per heavy atom. The fraction of sp³-hybridized carbons (Fsp3) is 0.312. The van der Waals surface area contributed by atoms with E-state index >= 15 is 0 Å². The fourth-order valence-corrected chi connectivity index (χ4v) is 2.51. The highest BCUT2D eigenvalue weighted by Crippen LogP contribution is 2.30. The molecule has 1 aromatic carbocycles. The third kappa shape index (κ3) is 2.59. The van der Waals surface area contributed by atoms with E-state index in [0.717, 1.165) is 25.2 Å². The summed E-state index contributed by atoms with van der Waals surface area (Å²) in [7, 11) is 0. The van der Waals surface area contributed by atoms with Gasteiger partial charge in [-0.15, -0.1) is 0 Å². The van der Waals surface area contributed by atoms with Crippen molar-refractivity contribution in [1.82, 2.24) is 4.98 Å². The lowest BCUT2D eigenvalue weighted by molar-refractivity contribution is 0.357. The summed E-state index contributed by atoms with van der Waals surface area (Å²) < 4.78 is 18.7. The zero-order valence-corrected chi connectivity index (χ0v) is 11.4. The first-order valence-corrected chi connectivity index (χ1v) is 6.91. The maximum absolute atomic E-state index is 13.1. The van der Waals surface area contributed by atoms with Crippen LogP contribution in [0.3, 0.4) is 0 Å². The SMILES string of the molecule is CCC(Nc1cccc(F)n1)c1ccc2c(c1)CCO2. The van der Waals surface area contributed by atoms with Crippen LogP contribution in [-0.2, 0) is 6.42 Å². The minimum atomic E-state index is -0.466. The van der Waals surface area contributed by atoms with E-state index in [2.05, 4.69) is 29.4 Å². The number of halogens is 1. The highest BCUT2D eigenvalue weighted by Gasteiger charge is 2.16. The van der Waals surface area contributed by atoms with Crippen molar-refractivity contribution >= 4 is 5.82 Å². The predicted molar refractivity (Wildman–Crippen MR) is 76.5 cm³/mol. The Hall–Kier alpha value is -2.10. The van der Waals surface area contributed by atoms with Gasteiger partial charge in [-0.3, -0.25) is 0 Å². The number of hydrogen-bond acceptors (Lipinski definition) is 3. The molecule has 1 aliphatic rings. The lowest BCUT2D eigenvalue weighted by Crippen LogP contribution is -2.11. The molecule has 1 aromatic heterocycles. The van der Waals surface area contributed by atoms with Gasteiger partial charge in [0.05, 0.1) is 12.6 Å². The monoisotopic (exact) mass is 272 g/mol. The van der Waals surface area contributed by atoms with Crippen molar-refractivity contribution in [2.45, 2.75) is 25.8 Å². The molecule has 20 heavy (non-hydrogen) atoms. The van der Waals surface area contributed by atoms with Crippen LogP contribution in [0.15, 0.2) is 36.4 Å². The normalized spacial score (nSPS) is 14.5. The van der Waals surface area contributed by atoms with Crippen molar-refractivity contribution in [3.63, 3.8) is 0 Å². The summed E-state index contributed by atoms with van der Waals surface area (Å²) in [5.74, 6) is 1.08. The molecular formula is C16H17FN2O. The summed E-state index contributed by atoms with van der Waals surface area (Å²) in [5.41, 5.74) is 2.43. The number of nitrogens with one attached hydrogen (secondary N) is 1. The van der Waals surface area contributed by atoms with Crippen LogP contribution in [-0.4, -0.2) is 11.6 Å². The van der Waals surface area contributed by atoms with Crippen LogP contribution in [0, 0.1) is 5.95 Å². The third-order valence-electron chi connectivity index (χ3n) is 3.56. The number of benzene rings is 1. The lowest BCUT2D eigenvalue weighted by atomic mass is 10.0. The molecule has 4 heteroatoms. The number of aromatic nitrogens is 1. The average molecular weight is 272 g/mol. The Bertz CT molecular complexity index is 615. The van der Waals surface area contributed by atoms with Gasteiger partial charge in [0, 0.05) is 6.42 Å². The maximum atomic E-state index is 13.1. The summed E-state index contributed by atoms with van der Waals surface area (Å²) in [5, 5.41) is 3.29. The molecular weight excluding hydrogens is 255 g/mol. The van der Waals surface area contributed by atoms with Gasteiger partial charge >= 0.3 is 0 Å². The Labute approximate surface area is 117 Å². The lowest BCUT2D eigenvalue weighted by Gasteiger charge is -2.18. The van der Waals surface area contributed by atoms with Gasteiger partial charge in [0.1, 0.15) is 11.6 Å². The Morgan fingerprint density at radius 3 is 3.05 bits per heavy atom. The second kappa shape index (κ2) is 5.49. The predicted octanol–water partition coefficient (Wildman–Crippen LogP) is 3.72. The van der Waals surface area contributed by atoms with Crippen LogP contribution in [0.4, 0.5) is 10.2 Å². The summed E-state index contributed by atoms with van der Waals surface area (Å²) in [6.07, 6.45) is 1.86. The molecule has 1 N–H and O–H groups in total. The molecule has 0 bridgehead atoms. The summed E-state index contributed by atoms with van der Waals surface area (Å²) >= 11 is 0. The van der Waals surface area contributed by atoms with E-state index in [9.17, 15) is 4.39 Å². The molecule has 1 atom stereocenters. The van der Waals surface area contributed by atoms with Crippen molar-refractivity contribution in [2.24, 2.45) is 0 Å². The Kier molecular flexibility index (Phi) is 3.54. The molecule has 2 aromatic rings. The molecule has 0 saturated heterocycles. The standard InChI is InChI=1S/C16H17FN2O/c1-2-13(18-16-5-3-4-15(17)19-16)11-6-7-14-12(10-11)8-9-20-14/h3-7,10,13H,2,8-9H2,1H3,(H,18,19). The minimum absolute atomic E-state index is 0.121. The van der Waals surface area contributed by atoms with Crippen molar-refractivity contribution in [2.75, 3.05) is 11.9 Å². The number of hydrogen-bond donors (Lipinski definition) is 1. The molecule has 0 spiro atoms. The first kappa shape index (κ1) is 12.9. The molecule has 1 aliphatic heterocycles. The molecule has 1 unspecified atom stereocenters. The summed E-state index contributed by atoms with van der Waals surface area (Å²) in [6.45, 7) is 2.86. The van der Waals surface area contributed by atoms with E-state index in [1.807, 2.05) is 6.07 Å². The van der Waals surface area contributed by atoms with Gasteiger partial charge < -0.3 is 10.1 Å². The van der Waals surface area contributed by atoms with Crippen molar-refractivity contribution in [3.05, 3.63) is 53.5 Å². The number of anilines is 1. The second-order valence-electron chi connectivity index (χ2n) is 4.92. The van der Waals surface area contributed by atoms with E-state index in [4.69, 9.17) is 4.74 Å². The van der Waals surface area contributed by atoms with E-state index in [-0.39, 0.29) is 6.04 Å². The van der Waals surface area contributed by atoms with Crippen molar-refractivity contribution in [1.29, 1.82) is 0 Å². The quantitative estimate of drug-likeness (QED) is 0.861. The fourth-order valence-electron chi connectivity index (χ4n) is 2.51. The van der Waals surface area contributed by atoms with Crippen LogP contribution in [0.2, 0.25) is 0 Å².